The Balaban J connectivity index is 2.63. The van der Waals surface area contributed by atoms with Crippen LogP contribution in [0.5, 0.6) is 11.6 Å². The zero-order valence-corrected chi connectivity index (χ0v) is 17.5. The van der Waals surface area contributed by atoms with Crippen LogP contribution in [-0.4, -0.2) is 16.9 Å². The third-order valence-electron chi connectivity index (χ3n) is 5.03. The number of pyridine rings is 1. The van der Waals surface area contributed by atoms with Crippen LogP contribution in [0.4, 0.5) is 5.69 Å². The second-order valence-electron chi connectivity index (χ2n) is 7.23. The Hall–Kier alpha value is -2.56. The highest BCUT2D eigenvalue weighted by Gasteiger charge is 2.24. The number of anilines is 1. The van der Waals surface area contributed by atoms with Gasteiger partial charge in [-0.25, -0.2) is 4.98 Å². The number of primary amides is 1. The van der Waals surface area contributed by atoms with E-state index in [1.54, 1.807) is 0 Å². The summed E-state index contributed by atoms with van der Waals surface area (Å²) in [7, 11) is 0. The van der Waals surface area contributed by atoms with Crippen molar-refractivity contribution < 1.29 is 9.53 Å². The van der Waals surface area contributed by atoms with E-state index in [0.717, 1.165) is 46.5 Å². The van der Waals surface area contributed by atoms with Crippen molar-refractivity contribution in [1.82, 2.24) is 4.98 Å². The van der Waals surface area contributed by atoms with Crippen molar-refractivity contribution in [2.75, 3.05) is 5.32 Å². The number of amides is 1. The first-order chi connectivity index (χ1) is 12.7. The summed E-state index contributed by atoms with van der Waals surface area (Å²) in [6.45, 7) is 14.1. The van der Waals surface area contributed by atoms with E-state index in [9.17, 15) is 4.79 Å². The van der Waals surface area contributed by atoms with Crippen LogP contribution < -0.4 is 15.8 Å². The average Bonchev–Trinajstić information content (AvgIpc) is 2.59. The van der Waals surface area contributed by atoms with E-state index in [0.29, 0.717) is 11.3 Å². The number of nitrogens with zero attached hydrogens (tertiary/aromatic N) is 1. The Labute approximate surface area is 162 Å². The first-order valence-corrected chi connectivity index (χ1v) is 9.52. The smallest absolute Gasteiger partial charge is 0.256 e. The van der Waals surface area contributed by atoms with Gasteiger partial charge in [-0.3, -0.25) is 4.79 Å². The molecule has 0 fully saturated rings. The molecule has 0 saturated heterocycles. The summed E-state index contributed by atoms with van der Waals surface area (Å²) in [5.41, 5.74) is 11.7. The summed E-state index contributed by atoms with van der Waals surface area (Å²) in [5, 5.41) is 3.48. The summed E-state index contributed by atoms with van der Waals surface area (Å²) in [6, 6.07) is 4.35. The lowest BCUT2D eigenvalue weighted by atomic mass is 10.0. The quantitative estimate of drug-likeness (QED) is 0.710. The fourth-order valence-electron chi connectivity index (χ4n) is 3.37. The predicted octanol–water partition coefficient (Wildman–Crippen LogP) is 5.12. The van der Waals surface area contributed by atoms with Crippen LogP contribution in [0, 0.1) is 34.6 Å². The van der Waals surface area contributed by atoms with E-state index in [2.05, 4.69) is 36.3 Å². The van der Waals surface area contributed by atoms with E-state index in [4.69, 9.17) is 10.5 Å². The molecule has 0 atom stereocenters. The highest BCUT2D eigenvalue weighted by Crippen LogP contribution is 2.36. The van der Waals surface area contributed by atoms with Crippen molar-refractivity contribution in [1.29, 1.82) is 0 Å². The SMILES string of the molecule is CCC(CC)Nc1c(C)c(C)nc(Oc2c(C)cc(C)cc2C)c1C(N)=O. The molecule has 5 nitrogen and oxygen atoms in total. The van der Waals surface area contributed by atoms with Gasteiger partial charge in [-0.2, -0.15) is 0 Å². The molecular formula is C22H31N3O2. The van der Waals surface area contributed by atoms with Crippen LogP contribution in [-0.2, 0) is 0 Å². The number of benzene rings is 1. The molecule has 0 aliphatic heterocycles. The van der Waals surface area contributed by atoms with E-state index in [1.807, 2.05) is 34.6 Å². The van der Waals surface area contributed by atoms with Crippen LogP contribution >= 0.6 is 0 Å². The minimum absolute atomic E-state index is 0.249. The van der Waals surface area contributed by atoms with Gasteiger partial charge >= 0.3 is 0 Å². The van der Waals surface area contributed by atoms with E-state index in [-0.39, 0.29) is 11.9 Å². The molecule has 2 rings (SSSR count). The highest BCUT2D eigenvalue weighted by molar-refractivity contribution is 6.01. The molecule has 1 amide bonds. The monoisotopic (exact) mass is 369 g/mol. The molecular weight excluding hydrogens is 338 g/mol. The van der Waals surface area contributed by atoms with Crippen molar-refractivity contribution >= 4 is 11.6 Å². The summed E-state index contributed by atoms with van der Waals surface area (Å²) in [6.07, 6.45) is 1.89. The standard InChI is InChI=1S/C22H31N3O2/c1-8-17(9-2)25-19-15(6)16(7)24-22(18(19)21(23)26)27-20-13(4)10-12(3)11-14(20)5/h10-11,17H,8-9H2,1-7H3,(H2,23,26)(H,24,25). The number of rotatable bonds is 7. The lowest BCUT2D eigenvalue weighted by Gasteiger charge is -2.23. The fraction of sp³-hybridized carbons (Fsp3) is 0.455. The van der Waals surface area contributed by atoms with Crippen LogP contribution in [0.3, 0.4) is 0 Å². The summed E-state index contributed by atoms with van der Waals surface area (Å²) in [4.78, 5) is 16.9. The molecule has 0 unspecified atom stereocenters. The number of hydrogen-bond acceptors (Lipinski definition) is 4. The highest BCUT2D eigenvalue weighted by atomic mass is 16.5. The summed E-state index contributed by atoms with van der Waals surface area (Å²) < 4.78 is 6.16. The van der Waals surface area contributed by atoms with E-state index >= 15 is 0 Å². The summed E-state index contributed by atoms with van der Waals surface area (Å²) in [5.74, 6) is 0.429. The van der Waals surface area contributed by atoms with Crippen molar-refractivity contribution in [3.8, 4) is 11.6 Å². The van der Waals surface area contributed by atoms with Gasteiger partial charge in [-0.15, -0.1) is 0 Å². The number of aromatic nitrogens is 1. The van der Waals surface area contributed by atoms with E-state index < -0.39 is 5.91 Å². The molecule has 5 heteroatoms. The molecule has 0 radical (unpaired) electrons. The van der Waals surface area contributed by atoms with E-state index in [1.165, 1.54) is 0 Å². The van der Waals surface area contributed by atoms with Gasteiger partial charge in [0.25, 0.3) is 5.91 Å². The number of nitrogens with one attached hydrogen (secondary N) is 1. The molecule has 0 aliphatic carbocycles. The molecule has 0 bridgehead atoms. The van der Waals surface area contributed by atoms with Crippen molar-refractivity contribution in [2.45, 2.75) is 67.3 Å². The number of ether oxygens (including phenoxy) is 1. The number of nitrogens with two attached hydrogens (primary N) is 1. The van der Waals surface area contributed by atoms with Crippen LogP contribution in [0.15, 0.2) is 12.1 Å². The minimum atomic E-state index is -0.545. The van der Waals surface area contributed by atoms with Crippen molar-refractivity contribution in [3.63, 3.8) is 0 Å². The normalized spacial score (nSPS) is 11.0. The maximum atomic E-state index is 12.3. The molecule has 0 saturated carbocycles. The average molecular weight is 370 g/mol. The largest absolute Gasteiger partial charge is 0.438 e. The molecule has 0 spiro atoms. The zero-order chi connectivity index (χ0) is 20.3. The Morgan fingerprint density at radius 2 is 1.67 bits per heavy atom. The Morgan fingerprint density at radius 3 is 2.15 bits per heavy atom. The Kier molecular flexibility index (Phi) is 6.47. The maximum absolute atomic E-state index is 12.3. The topological polar surface area (TPSA) is 77.2 Å². The third kappa shape index (κ3) is 4.41. The molecule has 1 aromatic heterocycles. The van der Waals surface area contributed by atoms with Crippen molar-refractivity contribution in [2.24, 2.45) is 5.73 Å². The fourth-order valence-corrected chi connectivity index (χ4v) is 3.37. The van der Waals surface area contributed by atoms with Crippen molar-refractivity contribution in [3.05, 3.63) is 45.6 Å². The molecule has 27 heavy (non-hydrogen) atoms. The lowest BCUT2D eigenvalue weighted by Crippen LogP contribution is -2.23. The second-order valence-corrected chi connectivity index (χ2v) is 7.23. The predicted molar refractivity (Wildman–Crippen MR) is 111 cm³/mol. The van der Waals surface area contributed by atoms with Gasteiger partial charge in [0.05, 0.1) is 5.69 Å². The Morgan fingerprint density at radius 1 is 1.11 bits per heavy atom. The number of carbonyl (C=O) groups excluding carboxylic acids is 1. The van der Waals surface area contributed by atoms with Gasteiger partial charge in [-0.05, 0) is 64.2 Å². The molecule has 1 aromatic carbocycles. The van der Waals surface area contributed by atoms with Crippen LogP contribution in [0.2, 0.25) is 0 Å². The third-order valence-corrected chi connectivity index (χ3v) is 5.03. The second kappa shape index (κ2) is 8.42. The molecule has 3 N–H and O–H groups in total. The molecule has 2 aromatic rings. The number of carbonyl (C=O) groups is 1. The molecule has 0 aliphatic rings. The van der Waals surface area contributed by atoms with Crippen LogP contribution in [0.1, 0.15) is 65.0 Å². The Bertz CT molecular complexity index is 832. The first-order valence-electron chi connectivity index (χ1n) is 9.52. The van der Waals surface area contributed by atoms with Gasteiger partial charge in [0.15, 0.2) is 0 Å². The van der Waals surface area contributed by atoms with Gasteiger partial charge < -0.3 is 15.8 Å². The van der Waals surface area contributed by atoms with Gasteiger partial charge in [0.2, 0.25) is 5.88 Å². The number of hydrogen-bond donors (Lipinski definition) is 2. The maximum Gasteiger partial charge on any atom is 0.256 e. The lowest BCUT2D eigenvalue weighted by molar-refractivity contribution is 0.0998. The van der Waals surface area contributed by atoms with Gasteiger partial charge in [-0.1, -0.05) is 31.5 Å². The van der Waals surface area contributed by atoms with Gasteiger partial charge in [0, 0.05) is 11.7 Å². The van der Waals surface area contributed by atoms with Gasteiger partial charge in [0.1, 0.15) is 11.3 Å². The summed E-state index contributed by atoms with van der Waals surface area (Å²) >= 11 is 0. The molecule has 1 heterocycles. The first kappa shape index (κ1) is 20.7. The van der Waals surface area contributed by atoms with Crippen LogP contribution in [0.25, 0.3) is 0 Å². The zero-order valence-electron chi connectivity index (χ0n) is 17.5. The molecule has 146 valence electrons. The minimum Gasteiger partial charge on any atom is -0.438 e. The number of aryl methyl sites for hydroxylation is 4.